The molecule has 0 bridgehead atoms. The number of carbonyl (C=O) groups is 1. The molecular formula is C19H20F4N6O. The van der Waals surface area contributed by atoms with Gasteiger partial charge in [0.15, 0.2) is 5.69 Å². The molecule has 0 saturated carbocycles. The minimum atomic E-state index is -4.68. The second kappa shape index (κ2) is 7.81. The summed E-state index contributed by atoms with van der Waals surface area (Å²) in [5, 5.41) is 3.42. The lowest BCUT2D eigenvalue weighted by molar-refractivity contribution is -0.141. The lowest BCUT2D eigenvalue weighted by atomic mass is 10.0. The maximum atomic E-state index is 14.6. The van der Waals surface area contributed by atoms with E-state index in [1.54, 1.807) is 0 Å². The molecule has 1 aliphatic rings. The fourth-order valence-electron chi connectivity index (χ4n) is 3.16. The summed E-state index contributed by atoms with van der Waals surface area (Å²) >= 11 is 0. The maximum absolute atomic E-state index is 14.6. The van der Waals surface area contributed by atoms with Gasteiger partial charge in [-0.2, -0.15) is 18.3 Å². The van der Waals surface area contributed by atoms with Gasteiger partial charge in [0.2, 0.25) is 5.91 Å². The standard InChI is InChI=1S/C19H20F4N6O/c1-10(30)29-6-5-15(24)13(9-29)18(25)26-16-4-3-11(7-14(16)20)12-8-28(2)27-17(12)19(21,22)23/h3-4,7-8H,5-6,9,24H2,1-2H3,(H2,25,26). The molecule has 1 aromatic heterocycles. The number of halogens is 4. The van der Waals surface area contributed by atoms with Crippen molar-refractivity contribution in [1.82, 2.24) is 14.7 Å². The summed E-state index contributed by atoms with van der Waals surface area (Å²) in [6, 6.07) is 3.48. The average Bonchev–Trinajstić information content (AvgIpc) is 3.05. The van der Waals surface area contributed by atoms with Crippen LogP contribution in [0.25, 0.3) is 11.1 Å². The summed E-state index contributed by atoms with van der Waals surface area (Å²) in [7, 11) is 1.35. The molecule has 0 spiro atoms. The second-order valence-electron chi connectivity index (χ2n) is 6.92. The third-order valence-corrected chi connectivity index (χ3v) is 4.74. The molecule has 7 nitrogen and oxygen atoms in total. The summed E-state index contributed by atoms with van der Waals surface area (Å²) in [5.74, 6) is -1.06. The number of benzene rings is 1. The first-order valence-corrected chi connectivity index (χ1v) is 8.95. The van der Waals surface area contributed by atoms with Gasteiger partial charge in [-0.15, -0.1) is 0 Å². The van der Waals surface area contributed by atoms with E-state index < -0.39 is 17.7 Å². The van der Waals surface area contributed by atoms with E-state index in [1.165, 1.54) is 37.2 Å². The van der Waals surface area contributed by atoms with Crippen molar-refractivity contribution in [3.63, 3.8) is 0 Å². The Labute approximate surface area is 169 Å². The van der Waals surface area contributed by atoms with Crippen LogP contribution in [0.3, 0.4) is 0 Å². The molecule has 0 saturated heterocycles. The summed E-state index contributed by atoms with van der Waals surface area (Å²) in [5.41, 5.74) is 11.3. The molecule has 0 radical (unpaired) electrons. The van der Waals surface area contributed by atoms with Crippen molar-refractivity contribution in [2.75, 3.05) is 13.1 Å². The summed E-state index contributed by atoms with van der Waals surface area (Å²) in [6.07, 6.45) is -3.10. The summed E-state index contributed by atoms with van der Waals surface area (Å²) < 4.78 is 55.2. The van der Waals surface area contributed by atoms with E-state index in [2.05, 4.69) is 10.1 Å². The van der Waals surface area contributed by atoms with Gasteiger partial charge in [0.25, 0.3) is 0 Å². The topological polar surface area (TPSA) is 103 Å². The van der Waals surface area contributed by atoms with Crippen molar-refractivity contribution in [3.8, 4) is 11.1 Å². The number of amides is 1. The van der Waals surface area contributed by atoms with Gasteiger partial charge < -0.3 is 16.4 Å². The fourth-order valence-corrected chi connectivity index (χ4v) is 3.16. The van der Waals surface area contributed by atoms with Gasteiger partial charge >= 0.3 is 6.18 Å². The largest absolute Gasteiger partial charge is 0.435 e. The monoisotopic (exact) mass is 424 g/mol. The Morgan fingerprint density at radius 1 is 1.30 bits per heavy atom. The number of carbonyl (C=O) groups excluding carboxylic acids is 1. The molecule has 4 N–H and O–H groups in total. The smallest absolute Gasteiger partial charge is 0.402 e. The summed E-state index contributed by atoms with van der Waals surface area (Å²) in [4.78, 5) is 17.2. The molecule has 30 heavy (non-hydrogen) atoms. The quantitative estimate of drug-likeness (QED) is 0.449. The first-order valence-electron chi connectivity index (χ1n) is 8.95. The van der Waals surface area contributed by atoms with Gasteiger partial charge in [0, 0.05) is 50.0 Å². The number of alkyl halides is 3. The first-order chi connectivity index (χ1) is 14.0. The zero-order valence-electron chi connectivity index (χ0n) is 16.3. The molecule has 2 aromatic rings. The van der Waals surface area contributed by atoms with E-state index >= 15 is 0 Å². The third kappa shape index (κ3) is 4.29. The van der Waals surface area contributed by atoms with Gasteiger partial charge in [-0.1, -0.05) is 6.07 Å². The van der Waals surface area contributed by atoms with Crippen LogP contribution in [0.5, 0.6) is 0 Å². The third-order valence-electron chi connectivity index (χ3n) is 4.74. The predicted octanol–water partition coefficient (Wildman–Crippen LogP) is 2.70. The van der Waals surface area contributed by atoms with Crippen LogP contribution in [0.4, 0.5) is 23.2 Å². The first kappa shape index (κ1) is 21.3. The zero-order valence-corrected chi connectivity index (χ0v) is 16.3. The lowest BCUT2D eigenvalue weighted by Crippen LogP contribution is -2.40. The minimum absolute atomic E-state index is 0.00426. The van der Waals surface area contributed by atoms with Crippen molar-refractivity contribution < 1.29 is 22.4 Å². The average molecular weight is 424 g/mol. The van der Waals surface area contributed by atoms with Crippen LogP contribution >= 0.6 is 0 Å². The van der Waals surface area contributed by atoms with Gasteiger partial charge in [0.05, 0.1) is 6.54 Å². The normalized spacial score (nSPS) is 15.7. The number of hydrogen-bond donors (Lipinski definition) is 2. The highest BCUT2D eigenvalue weighted by atomic mass is 19.4. The van der Waals surface area contributed by atoms with E-state index in [9.17, 15) is 22.4 Å². The van der Waals surface area contributed by atoms with E-state index in [1.807, 2.05) is 0 Å². The predicted molar refractivity (Wildman–Crippen MR) is 103 cm³/mol. The van der Waals surface area contributed by atoms with E-state index in [-0.39, 0.29) is 35.1 Å². The maximum Gasteiger partial charge on any atom is 0.435 e. The molecule has 0 unspecified atom stereocenters. The van der Waals surface area contributed by atoms with Crippen LogP contribution < -0.4 is 11.5 Å². The molecule has 1 aliphatic heterocycles. The Kier molecular flexibility index (Phi) is 5.55. The highest BCUT2D eigenvalue weighted by Crippen LogP contribution is 2.37. The number of aryl methyl sites for hydroxylation is 1. The van der Waals surface area contributed by atoms with Crippen molar-refractivity contribution in [2.45, 2.75) is 19.5 Å². The highest BCUT2D eigenvalue weighted by Gasteiger charge is 2.37. The second-order valence-corrected chi connectivity index (χ2v) is 6.92. The Morgan fingerprint density at radius 2 is 2.00 bits per heavy atom. The van der Waals surface area contributed by atoms with Gasteiger partial charge in [-0.05, 0) is 17.7 Å². The van der Waals surface area contributed by atoms with Gasteiger partial charge in [-0.3, -0.25) is 9.48 Å². The van der Waals surface area contributed by atoms with Crippen molar-refractivity contribution >= 4 is 17.4 Å². The molecule has 3 rings (SSSR count). The minimum Gasteiger partial charge on any atom is -0.402 e. The fraction of sp³-hybridized carbons (Fsp3) is 0.316. The molecule has 1 amide bonds. The number of amidine groups is 1. The molecule has 2 heterocycles. The van der Waals surface area contributed by atoms with Crippen molar-refractivity contribution in [3.05, 3.63) is 47.2 Å². The molecule has 0 aliphatic carbocycles. The van der Waals surface area contributed by atoms with Crippen molar-refractivity contribution in [2.24, 2.45) is 23.5 Å². The van der Waals surface area contributed by atoms with Gasteiger partial charge in [0.1, 0.15) is 17.3 Å². The zero-order chi connectivity index (χ0) is 22.2. The lowest BCUT2D eigenvalue weighted by Gasteiger charge is -2.28. The van der Waals surface area contributed by atoms with E-state index in [0.29, 0.717) is 24.2 Å². The summed E-state index contributed by atoms with van der Waals surface area (Å²) in [6.45, 7) is 2.02. The van der Waals surface area contributed by atoms with Crippen LogP contribution in [-0.2, 0) is 18.0 Å². The van der Waals surface area contributed by atoms with Crippen LogP contribution in [0.1, 0.15) is 19.0 Å². The Hall–Kier alpha value is -3.37. The number of nitrogens with zero attached hydrogens (tertiary/aromatic N) is 4. The van der Waals surface area contributed by atoms with Crippen LogP contribution in [0.2, 0.25) is 0 Å². The van der Waals surface area contributed by atoms with E-state index in [4.69, 9.17) is 11.5 Å². The number of rotatable bonds is 3. The molecule has 0 fully saturated rings. The van der Waals surface area contributed by atoms with Crippen LogP contribution in [0.15, 0.2) is 40.7 Å². The number of aromatic nitrogens is 2. The Bertz CT molecular complexity index is 1050. The van der Waals surface area contributed by atoms with Crippen LogP contribution in [-0.4, -0.2) is 39.5 Å². The van der Waals surface area contributed by atoms with E-state index in [0.717, 1.165) is 10.7 Å². The number of hydrogen-bond acceptors (Lipinski definition) is 4. The molecule has 0 atom stereocenters. The molecule has 11 heteroatoms. The molecule has 1 aromatic carbocycles. The highest BCUT2D eigenvalue weighted by molar-refractivity contribution is 6.00. The van der Waals surface area contributed by atoms with Crippen molar-refractivity contribution in [1.29, 1.82) is 0 Å². The Balaban J connectivity index is 1.94. The number of nitrogens with two attached hydrogens (primary N) is 2. The number of aliphatic imine (C=N–C) groups is 1. The SMILES string of the molecule is CC(=O)N1CCC(N)=C(C(N)=Nc2ccc(-c3cn(C)nc3C(F)(F)F)cc2F)C1. The Morgan fingerprint density at radius 3 is 2.60 bits per heavy atom. The van der Waals surface area contributed by atoms with Gasteiger partial charge in [-0.25, -0.2) is 9.38 Å². The van der Waals surface area contributed by atoms with Crippen LogP contribution in [0, 0.1) is 5.82 Å². The molecule has 160 valence electrons. The molecular weight excluding hydrogens is 404 g/mol.